The summed E-state index contributed by atoms with van der Waals surface area (Å²) in [6, 6.07) is 7.20. The van der Waals surface area contributed by atoms with Crippen LogP contribution in [0.15, 0.2) is 18.2 Å². The van der Waals surface area contributed by atoms with E-state index in [0.717, 1.165) is 6.54 Å². The monoisotopic (exact) mass is 237 g/mol. The van der Waals surface area contributed by atoms with E-state index >= 15 is 0 Å². The Balaban J connectivity index is 2.46. The Morgan fingerprint density at radius 2 is 2.00 bits per heavy atom. The van der Waals surface area contributed by atoms with Crippen molar-refractivity contribution in [2.45, 2.75) is 33.2 Å². The van der Waals surface area contributed by atoms with Crippen molar-refractivity contribution < 1.29 is 0 Å². The Morgan fingerprint density at radius 3 is 2.62 bits per heavy atom. The van der Waals surface area contributed by atoms with E-state index in [4.69, 9.17) is 0 Å². The summed E-state index contributed by atoms with van der Waals surface area (Å²) < 4.78 is 0. The van der Waals surface area contributed by atoms with Gasteiger partial charge in [0.2, 0.25) is 0 Å². The van der Waals surface area contributed by atoms with Crippen LogP contribution < -0.4 is 5.32 Å². The molecule has 1 N–H and O–H groups in total. The lowest BCUT2D eigenvalue weighted by Crippen LogP contribution is -2.20. The maximum atomic E-state index is 3.57. The summed E-state index contributed by atoms with van der Waals surface area (Å²) in [6.45, 7) is 7.69. The fourth-order valence-corrected chi connectivity index (χ4v) is 2.12. The predicted octanol–water partition coefficient (Wildman–Crippen LogP) is 3.71. The number of rotatable bonds is 6. The third-order valence-corrected chi connectivity index (χ3v) is 3.70. The molecule has 1 unspecified atom stereocenters. The number of aryl methyl sites for hydroxylation is 2. The van der Waals surface area contributed by atoms with Gasteiger partial charge in [-0.15, -0.1) is 0 Å². The first-order valence-corrected chi connectivity index (χ1v) is 7.34. The molecule has 0 heterocycles. The van der Waals surface area contributed by atoms with Crippen molar-refractivity contribution in [3.63, 3.8) is 0 Å². The minimum Gasteiger partial charge on any atom is -0.310 e. The molecule has 0 bridgehead atoms. The topological polar surface area (TPSA) is 12.0 Å². The highest BCUT2D eigenvalue weighted by Crippen LogP contribution is 2.16. The van der Waals surface area contributed by atoms with Crippen molar-refractivity contribution in [2.24, 2.45) is 0 Å². The molecule has 0 aromatic heterocycles. The van der Waals surface area contributed by atoms with E-state index in [1.54, 1.807) is 0 Å². The highest BCUT2D eigenvalue weighted by atomic mass is 32.2. The van der Waals surface area contributed by atoms with Gasteiger partial charge in [0, 0.05) is 6.04 Å². The first-order valence-electron chi connectivity index (χ1n) is 5.94. The zero-order valence-corrected chi connectivity index (χ0v) is 11.7. The second-order valence-electron chi connectivity index (χ2n) is 4.37. The zero-order chi connectivity index (χ0) is 12.0. The third kappa shape index (κ3) is 4.18. The number of hydrogen-bond acceptors (Lipinski definition) is 2. The largest absolute Gasteiger partial charge is 0.310 e. The van der Waals surface area contributed by atoms with Gasteiger partial charge in [-0.2, -0.15) is 11.8 Å². The van der Waals surface area contributed by atoms with E-state index in [2.05, 4.69) is 50.5 Å². The van der Waals surface area contributed by atoms with Gasteiger partial charge in [-0.05, 0) is 62.4 Å². The SMILES string of the molecule is CSCCCNC(C)c1ccc(C)c(C)c1. The standard InChI is InChI=1S/C14H23NS/c1-11-6-7-14(10-12(11)2)13(3)15-8-5-9-16-4/h6-7,10,13,15H,5,8-9H2,1-4H3. The molecule has 1 aromatic carbocycles. The van der Waals surface area contributed by atoms with Crippen LogP contribution in [0.4, 0.5) is 0 Å². The minimum absolute atomic E-state index is 0.459. The predicted molar refractivity (Wildman–Crippen MR) is 75.3 cm³/mol. The number of nitrogens with one attached hydrogen (secondary N) is 1. The number of benzene rings is 1. The van der Waals surface area contributed by atoms with Crippen molar-refractivity contribution in [3.05, 3.63) is 34.9 Å². The molecule has 0 radical (unpaired) electrons. The third-order valence-electron chi connectivity index (χ3n) is 3.01. The lowest BCUT2D eigenvalue weighted by molar-refractivity contribution is 0.572. The van der Waals surface area contributed by atoms with Crippen LogP contribution in [0, 0.1) is 13.8 Å². The van der Waals surface area contributed by atoms with Gasteiger partial charge in [0.05, 0.1) is 0 Å². The first-order chi connectivity index (χ1) is 7.65. The molecule has 1 aromatic rings. The molecular formula is C14H23NS. The van der Waals surface area contributed by atoms with Gasteiger partial charge in [0.25, 0.3) is 0 Å². The molecule has 90 valence electrons. The summed E-state index contributed by atoms with van der Waals surface area (Å²) in [5, 5.41) is 3.57. The molecule has 0 saturated carbocycles. The Labute approximate surface area is 104 Å². The van der Waals surface area contributed by atoms with Crippen LogP contribution in [0.25, 0.3) is 0 Å². The summed E-state index contributed by atoms with van der Waals surface area (Å²) >= 11 is 1.91. The normalized spacial score (nSPS) is 12.8. The molecule has 1 atom stereocenters. The maximum Gasteiger partial charge on any atom is 0.0291 e. The van der Waals surface area contributed by atoms with Gasteiger partial charge in [0.15, 0.2) is 0 Å². The zero-order valence-electron chi connectivity index (χ0n) is 10.8. The molecule has 0 aliphatic carbocycles. The van der Waals surface area contributed by atoms with E-state index in [1.807, 2.05) is 11.8 Å². The van der Waals surface area contributed by atoms with Crippen molar-refractivity contribution in [3.8, 4) is 0 Å². The number of hydrogen-bond donors (Lipinski definition) is 1. The lowest BCUT2D eigenvalue weighted by atomic mass is 10.0. The summed E-state index contributed by atoms with van der Waals surface area (Å²) in [7, 11) is 0. The van der Waals surface area contributed by atoms with Crippen LogP contribution in [0.5, 0.6) is 0 Å². The molecule has 0 amide bonds. The Hall–Kier alpha value is -0.470. The van der Waals surface area contributed by atoms with Gasteiger partial charge in [-0.25, -0.2) is 0 Å². The minimum atomic E-state index is 0.459. The van der Waals surface area contributed by atoms with Crippen molar-refractivity contribution >= 4 is 11.8 Å². The second-order valence-corrected chi connectivity index (χ2v) is 5.35. The Morgan fingerprint density at radius 1 is 1.25 bits per heavy atom. The molecule has 0 aliphatic rings. The molecule has 0 spiro atoms. The van der Waals surface area contributed by atoms with Gasteiger partial charge in [-0.3, -0.25) is 0 Å². The van der Waals surface area contributed by atoms with E-state index in [-0.39, 0.29) is 0 Å². The smallest absolute Gasteiger partial charge is 0.0291 e. The fourth-order valence-electron chi connectivity index (χ4n) is 1.69. The quantitative estimate of drug-likeness (QED) is 0.757. The van der Waals surface area contributed by atoms with Crippen molar-refractivity contribution in [1.29, 1.82) is 0 Å². The van der Waals surface area contributed by atoms with Gasteiger partial charge >= 0.3 is 0 Å². The Bertz CT molecular complexity index is 323. The maximum absolute atomic E-state index is 3.57. The molecule has 1 nitrogen and oxygen atoms in total. The van der Waals surface area contributed by atoms with Crippen LogP contribution in [0.1, 0.15) is 36.1 Å². The van der Waals surface area contributed by atoms with Crippen LogP contribution >= 0.6 is 11.8 Å². The van der Waals surface area contributed by atoms with E-state index < -0.39 is 0 Å². The van der Waals surface area contributed by atoms with Crippen LogP contribution in [0.2, 0.25) is 0 Å². The second kappa shape index (κ2) is 6.97. The fraction of sp³-hybridized carbons (Fsp3) is 0.571. The van der Waals surface area contributed by atoms with Crippen molar-refractivity contribution in [2.75, 3.05) is 18.6 Å². The Kier molecular flexibility index (Phi) is 5.93. The van der Waals surface area contributed by atoms with Gasteiger partial charge < -0.3 is 5.32 Å². The van der Waals surface area contributed by atoms with Crippen LogP contribution in [0.3, 0.4) is 0 Å². The van der Waals surface area contributed by atoms with E-state index in [0.29, 0.717) is 6.04 Å². The van der Waals surface area contributed by atoms with Gasteiger partial charge in [-0.1, -0.05) is 18.2 Å². The molecule has 0 fully saturated rings. The van der Waals surface area contributed by atoms with Crippen LogP contribution in [-0.4, -0.2) is 18.6 Å². The summed E-state index contributed by atoms with van der Waals surface area (Å²) in [5.41, 5.74) is 4.15. The highest BCUT2D eigenvalue weighted by Gasteiger charge is 2.04. The highest BCUT2D eigenvalue weighted by molar-refractivity contribution is 7.98. The molecule has 0 aliphatic heterocycles. The number of thioether (sulfide) groups is 1. The lowest BCUT2D eigenvalue weighted by Gasteiger charge is -2.15. The van der Waals surface area contributed by atoms with E-state index in [9.17, 15) is 0 Å². The molecule has 1 rings (SSSR count). The molecule has 0 saturated heterocycles. The van der Waals surface area contributed by atoms with Crippen molar-refractivity contribution in [1.82, 2.24) is 5.32 Å². The molecular weight excluding hydrogens is 214 g/mol. The average Bonchev–Trinajstić information content (AvgIpc) is 2.28. The molecule has 2 heteroatoms. The first kappa shape index (κ1) is 13.6. The molecule has 16 heavy (non-hydrogen) atoms. The summed E-state index contributed by atoms with van der Waals surface area (Å²) in [5.74, 6) is 1.24. The average molecular weight is 237 g/mol. The van der Waals surface area contributed by atoms with Crippen LogP contribution in [-0.2, 0) is 0 Å². The van der Waals surface area contributed by atoms with Gasteiger partial charge in [0.1, 0.15) is 0 Å². The van der Waals surface area contributed by atoms with E-state index in [1.165, 1.54) is 28.9 Å². The summed E-state index contributed by atoms with van der Waals surface area (Å²) in [6.07, 6.45) is 3.41. The summed E-state index contributed by atoms with van der Waals surface area (Å²) in [4.78, 5) is 0.